The Kier molecular flexibility index (Phi) is 4.84. The minimum Gasteiger partial charge on any atom is -0.480 e. The number of carboxylic acid groups (broad SMARTS) is 1. The van der Waals surface area contributed by atoms with Gasteiger partial charge in [0.05, 0.1) is 6.16 Å². The van der Waals surface area contributed by atoms with Crippen molar-refractivity contribution >= 4 is 13.6 Å². The highest BCUT2D eigenvalue weighted by molar-refractivity contribution is 7.51. The van der Waals surface area contributed by atoms with Crippen LogP contribution in [0.3, 0.4) is 0 Å². The molecule has 4 N–H and O–H groups in total. The Labute approximate surface area is 98.4 Å². The lowest BCUT2D eigenvalue weighted by Gasteiger charge is -2.14. The fraction of sp³-hybridized carbons (Fsp3) is 0.300. The third-order valence-electron chi connectivity index (χ3n) is 2.13. The van der Waals surface area contributed by atoms with Gasteiger partial charge in [-0.25, -0.2) is 0 Å². The highest BCUT2D eigenvalue weighted by Crippen LogP contribution is 2.33. The maximum absolute atomic E-state index is 11.0. The Hall–Kier alpha value is -1.20. The van der Waals surface area contributed by atoms with E-state index in [1.54, 1.807) is 30.3 Å². The minimum absolute atomic E-state index is 0.0594. The summed E-state index contributed by atoms with van der Waals surface area (Å²) in [5.74, 6) is -1.08. The van der Waals surface area contributed by atoms with Gasteiger partial charge in [0.25, 0.3) is 0 Å². The molecule has 1 rings (SSSR count). The SMILES string of the molecule is O=C(O)C(NCCP(=O)(O)O)c1ccccc1. The average Bonchev–Trinajstić information content (AvgIpc) is 2.23. The van der Waals surface area contributed by atoms with Gasteiger partial charge in [-0.3, -0.25) is 9.36 Å². The number of nitrogens with one attached hydrogen (secondary N) is 1. The summed E-state index contributed by atoms with van der Waals surface area (Å²) in [6.07, 6.45) is -0.385. The van der Waals surface area contributed by atoms with E-state index in [9.17, 15) is 9.36 Å². The average molecular weight is 259 g/mol. The number of aliphatic carboxylic acids is 1. The number of hydrogen-bond donors (Lipinski definition) is 4. The number of carboxylic acids is 1. The summed E-state index contributed by atoms with van der Waals surface area (Å²) in [4.78, 5) is 28.3. The third kappa shape index (κ3) is 5.10. The topological polar surface area (TPSA) is 107 Å². The first kappa shape index (κ1) is 13.9. The van der Waals surface area contributed by atoms with Crippen molar-refractivity contribution in [3.05, 3.63) is 35.9 Å². The van der Waals surface area contributed by atoms with Crippen molar-refractivity contribution in [1.82, 2.24) is 5.32 Å². The smallest absolute Gasteiger partial charge is 0.326 e. The van der Waals surface area contributed by atoms with Crippen LogP contribution in [0.1, 0.15) is 11.6 Å². The van der Waals surface area contributed by atoms with E-state index in [0.717, 1.165) is 0 Å². The molecule has 0 aliphatic carbocycles. The first-order valence-corrected chi connectivity index (χ1v) is 6.75. The molecule has 0 heterocycles. The molecular weight excluding hydrogens is 245 g/mol. The molecule has 0 fully saturated rings. The van der Waals surface area contributed by atoms with Gasteiger partial charge in [-0.15, -0.1) is 0 Å². The van der Waals surface area contributed by atoms with Crippen molar-refractivity contribution < 1.29 is 24.3 Å². The number of hydrogen-bond acceptors (Lipinski definition) is 3. The van der Waals surface area contributed by atoms with E-state index >= 15 is 0 Å². The maximum Gasteiger partial charge on any atom is 0.326 e. The van der Waals surface area contributed by atoms with E-state index in [4.69, 9.17) is 14.9 Å². The van der Waals surface area contributed by atoms with Gasteiger partial charge < -0.3 is 20.2 Å². The third-order valence-corrected chi connectivity index (χ3v) is 2.94. The zero-order valence-corrected chi connectivity index (χ0v) is 9.88. The molecule has 1 unspecified atom stereocenters. The van der Waals surface area contributed by atoms with Crippen LogP contribution in [0.25, 0.3) is 0 Å². The van der Waals surface area contributed by atoms with Gasteiger partial charge in [0.2, 0.25) is 0 Å². The predicted molar refractivity (Wildman–Crippen MR) is 61.7 cm³/mol. The van der Waals surface area contributed by atoms with Crippen molar-refractivity contribution in [2.24, 2.45) is 0 Å². The largest absolute Gasteiger partial charge is 0.480 e. The summed E-state index contributed by atoms with van der Waals surface area (Å²) >= 11 is 0. The summed E-state index contributed by atoms with van der Waals surface area (Å²) in [5, 5.41) is 11.6. The molecule has 0 amide bonds. The number of benzene rings is 1. The molecule has 0 saturated carbocycles. The molecule has 0 aliphatic rings. The van der Waals surface area contributed by atoms with Crippen molar-refractivity contribution in [3.8, 4) is 0 Å². The summed E-state index contributed by atoms with van der Waals surface area (Å²) in [7, 11) is -4.10. The minimum atomic E-state index is -4.10. The summed E-state index contributed by atoms with van der Waals surface area (Å²) in [6.45, 7) is -0.0594. The van der Waals surface area contributed by atoms with Gasteiger partial charge in [-0.1, -0.05) is 30.3 Å². The highest BCUT2D eigenvalue weighted by atomic mass is 31.2. The van der Waals surface area contributed by atoms with Crippen LogP contribution in [-0.2, 0) is 9.36 Å². The van der Waals surface area contributed by atoms with Crippen LogP contribution in [0.15, 0.2) is 30.3 Å². The first-order valence-electron chi connectivity index (χ1n) is 4.96. The lowest BCUT2D eigenvalue weighted by molar-refractivity contribution is -0.139. The maximum atomic E-state index is 11.0. The lowest BCUT2D eigenvalue weighted by atomic mass is 10.1. The molecular formula is C10H14NO5P. The van der Waals surface area contributed by atoms with Crippen LogP contribution in [0.4, 0.5) is 0 Å². The molecule has 0 aliphatic heterocycles. The Morgan fingerprint density at radius 1 is 1.29 bits per heavy atom. The van der Waals surface area contributed by atoms with Gasteiger partial charge in [-0.05, 0) is 5.56 Å². The van der Waals surface area contributed by atoms with Crippen LogP contribution in [0.2, 0.25) is 0 Å². The summed E-state index contributed by atoms with van der Waals surface area (Å²) in [5.41, 5.74) is 0.547. The van der Waals surface area contributed by atoms with Crippen LogP contribution in [0, 0.1) is 0 Å². The highest BCUT2D eigenvalue weighted by Gasteiger charge is 2.20. The fourth-order valence-electron chi connectivity index (χ4n) is 1.35. The molecule has 94 valence electrons. The van der Waals surface area contributed by atoms with Gasteiger partial charge in [0.15, 0.2) is 0 Å². The predicted octanol–water partition coefficient (Wildman–Crippen LogP) is 0.580. The van der Waals surface area contributed by atoms with Crippen LogP contribution in [0.5, 0.6) is 0 Å². The normalized spacial score (nSPS) is 13.3. The molecule has 1 aromatic carbocycles. The van der Waals surface area contributed by atoms with E-state index in [1.165, 1.54) is 0 Å². The second-order valence-electron chi connectivity index (χ2n) is 3.52. The second kappa shape index (κ2) is 5.93. The summed E-state index contributed by atoms with van der Waals surface area (Å²) in [6, 6.07) is 7.50. The fourth-order valence-corrected chi connectivity index (χ4v) is 1.77. The number of carbonyl (C=O) groups is 1. The first-order chi connectivity index (χ1) is 7.90. The van der Waals surface area contributed by atoms with Crippen LogP contribution >= 0.6 is 7.60 Å². The molecule has 1 atom stereocenters. The van der Waals surface area contributed by atoms with Gasteiger partial charge in [0, 0.05) is 6.54 Å². The van der Waals surface area contributed by atoms with Gasteiger partial charge in [-0.2, -0.15) is 0 Å². The van der Waals surface area contributed by atoms with Gasteiger partial charge >= 0.3 is 13.6 Å². The number of rotatable bonds is 6. The molecule has 0 saturated heterocycles. The Balaban J connectivity index is 2.63. The Morgan fingerprint density at radius 3 is 2.35 bits per heavy atom. The molecule has 0 aromatic heterocycles. The molecule has 0 spiro atoms. The van der Waals surface area contributed by atoms with Gasteiger partial charge in [0.1, 0.15) is 6.04 Å². The molecule has 6 nitrogen and oxygen atoms in total. The second-order valence-corrected chi connectivity index (χ2v) is 5.30. The van der Waals surface area contributed by atoms with Crippen molar-refractivity contribution in [2.45, 2.75) is 6.04 Å². The van der Waals surface area contributed by atoms with Crippen LogP contribution in [-0.4, -0.2) is 33.6 Å². The molecule has 7 heteroatoms. The van der Waals surface area contributed by atoms with E-state index in [-0.39, 0.29) is 12.7 Å². The Morgan fingerprint density at radius 2 is 1.88 bits per heavy atom. The van der Waals surface area contributed by atoms with Crippen molar-refractivity contribution in [1.29, 1.82) is 0 Å². The summed E-state index contributed by atoms with van der Waals surface area (Å²) < 4.78 is 10.6. The van der Waals surface area contributed by atoms with E-state index in [0.29, 0.717) is 5.56 Å². The van der Waals surface area contributed by atoms with E-state index in [1.807, 2.05) is 0 Å². The monoisotopic (exact) mass is 259 g/mol. The van der Waals surface area contributed by atoms with E-state index < -0.39 is 19.6 Å². The van der Waals surface area contributed by atoms with E-state index in [2.05, 4.69) is 5.32 Å². The van der Waals surface area contributed by atoms with Crippen molar-refractivity contribution in [3.63, 3.8) is 0 Å². The Bertz CT molecular complexity index is 416. The molecule has 17 heavy (non-hydrogen) atoms. The quantitative estimate of drug-likeness (QED) is 0.557. The zero-order chi connectivity index (χ0) is 12.9. The van der Waals surface area contributed by atoms with Crippen molar-refractivity contribution in [2.75, 3.05) is 12.7 Å². The molecule has 1 aromatic rings. The molecule has 0 bridgehead atoms. The van der Waals surface area contributed by atoms with Crippen LogP contribution < -0.4 is 5.32 Å². The standard InChI is InChI=1S/C10H14NO5P/c12-10(13)9(8-4-2-1-3-5-8)11-6-7-17(14,15)16/h1-5,9,11H,6-7H2,(H,12,13)(H2,14,15,16). The molecule has 0 radical (unpaired) electrons. The zero-order valence-electron chi connectivity index (χ0n) is 8.98. The lowest BCUT2D eigenvalue weighted by Crippen LogP contribution is -2.30.